The Hall–Kier alpha value is -2.04. The molecule has 3 rings (SSSR count). The summed E-state index contributed by atoms with van der Waals surface area (Å²) in [5.74, 6) is -0.126. The number of hydrogen-bond donors (Lipinski definition) is 1. The van der Waals surface area contributed by atoms with Gasteiger partial charge in [0.2, 0.25) is 0 Å². The van der Waals surface area contributed by atoms with Crippen LogP contribution in [-0.2, 0) is 4.79 Å². The molecule has 0 spiro atoms. The summed E-state index contributed by atoms with van der Waals surface area (Å²) in [6, 6.07) is 15.2. The number of thioether (sulfide) groups is 1. The molecule has 0 radical (unpaired) electrons. The average molecular weight is 329 g/mol. The summed E-state index contributed by atoms with van der Waals surface area (Å²) >= 11 is 7.18. The number of nitrogens with one attached hydrogen (secondary N) is 1. The molecule has 0 unspecified atom stereocenters. The van der Waals surface area contributed by atoms with Crippen molar-refractivity contribution in [1.82, 2.24) is 5.32 Å². The predicted molar refractivity (Wildman–Crippen MR) is 93.4 cm³/mol. The second-order valence-electron chi connectivity index (χ2n) is 4.87. The molecule has 22 heavy (non-hydrogen) atoms. The fraction of sp³-hybridized carbons (Fsp3) is 0.0588. The lowest BCUT2D eigenvalue weighted by atomic mass is 10.1. The van der Waals surface area contributed by atoms with Gasteiger partial charge in [0.05, 0.1) is 10.6 Å². The maximum absolute atomic E-state index is 12.0. The number of aliphatic imine (C=N–C) groups is 1. The normalized spacial score (nSPS) is 18.0. The summed E-state index contributed by atoms with van der Waals surface area (Å²) in [7, 11) is 0. The monoisotopic (exact) mass is 328 g/mol. The number of carbonyl (C=O) groups is 1. The molecule has 1 aliphatic rings. The van der Waals surface area contributed by atoms with Gasteiger partial charge in [-0.05, 0) is 54.6 Å². The first-order valence-corrected chi connectivity index (χ1v) is 7.91. The molecule has 0 atom stereocenters. The molecule has 1 amide bonds. The smallest absolute Gasteiger partial charge is 0.264 e. The molecular weight excluding hydrogens is 316 g/mol. The van der Waals surface area contributed by atoms with Crippen molar-refractivity contribution in [3.63, 3.8) is 0 Å². The molecule has 1 fully saturated rings. The van der Waals surface area contributed by atoms with Crippen molar-refractivity contribution in [2.45, 2.75) is 6.92 Å². The lowest BCUT2D eigenvalue weighted by Crippen LogP contribution is -2.19. The summed E-state index contributed by atoms with van der Waals surface area (Å²) in [5.41, 5.74) is 2.92. The number of hydrogen-bond acceptors (Lipinski definition) is 3. The highest BCUT2D eigenvalue weighted by atomic mass is 35.5. The predicted octanol–water partition coefficient (Wildman–Crippen LogP) is 4.54. The van der Waals surface area contributed by atoms with Gasteiger partial charge in [-0.15, -0.1) is 0 Å². The van der Waals surface area contributed by atoms with E-state index in [1.165, 1.54) is 11.8 Å². The van der Waals surface area contributed by atoms with Gasteiger partial charge in [0, 0.05) is 5.02 Å². The number of aryl methyl sites for hydroxylation is 1. The number of carbonyl (C=O) groups excluding carboxylic acids is 1. The minimum absolute atomic E-state index is 0.126. The summed E-state index contributed by atoms with van der Waals surface area (Å²) in [6.07, 6.45) is 1.87. The summed E-state index contributed by atoms with van der Waals surface area (Å²) in [6.45, 7) is 2.03. The van der Waals surface area contributed by atoms with Crippen LogP contribution >= 0.6 is 23.4 Å². The van der Waals surface area contributed by atoms with Gasteiger partial charge in [-0.3, -0.25) is 4.79 Å². The summed E-state index contributed by atoms with van der Waals surface area (Å²) in [5, 5.41) is 4.01. The maximum Gasteiger partial charge on any atom is 0.264 e. The van der Waals surface area contributed by atoms with Gasteiger partial charge < -0.3 is 5.32 Å². The lowest BCUT2D eigenvalue weighted by molar-refractivity contribution is -0.115. The molecule has 2 aromatic rings. The summed E-state index contributed by atoms with van der Waals surface area (Å²) in [4.78, 5) is 17.1. The Kier molecular flexibility index (Phi) is 4.32. The van der Waals surface area contributed by atoms with Gasteiger partial charge in [0.1, 0.15) is 0 Å². The van der Waals surface area contributed by atoms with Crippen LogP contribution < -0.4 is 5.32 Å². The fourth-order valence-corrected chi connectivity index (χ4v) is 2.99. The minimum Gasteiger partial charge on any atom is -0.300 e. The van der Waals surface area contributed by atoms with Gasteiger partial charge in [0.25, 0.3) is 5.91 Å². The van der Waals surface area contributed by atoms with Crippen LogP contribution in [0.5, 0.6) is 0 Å². The van der Waals surface area contributed by atoms with Crippen LogP contribution in [0.15, 0.2) is 58.4 Å². The standard InChI is InChI=1S/C17H13ClN2OS/c1-11-3-2-4-12(9-11)10-15-16(21)20-17(22-15)19-14-7-5-13(18)6-8-14/h2-10H,1H3,(H,19,20,21)/b15-10-. The van der Waals surface area contributed by atoms with Gasteiger partial charge in [-0.2, -0.15) is 0 Å². The van der Waals surface area contributed by atoms with Crippen LogP contribution in [0.4, 0.5) is 5.69 Å². The number of halogens is 1. The Balaban J connectivity index is 1.82. The van der Waals surface area contributed by atoms with Gasteiger partial charge >= 0.3 is 0 Å². The van der Waals surface area contributed by atoms with Crippen molar-refractivity contribution in [3.8, 4) is 0 Å². The van der Waals surface area contributed by atoms with Crippen LogP contribution in [0.3, 0.4) is 0 Å². The zero-order chi connectivity index (χ0) is 15.5. The number of amidine groups is 1. The van der Waals surface area contributed by atoms with E-state index in [9.17, 15) is 4.79 Å². The first kappa shape index (κ1) is 14.9. The van der Waals surface area contributed by atoms with Crippen molar-refractivity contribution in [3.05, 3.63) is 69.6 Å². The number of rotatable bonds is 2. The highest BCUT2D eigenvalue weighted by molar-refractivity contribution is 8.18. The second-order valence-corrected chi connectivity index (χ2v) is 6.34. The van der Waals surface area contributed by atoms with E-state index in [-0.39, 0.29) is 5.91 Å². The Labute approximate surface area is 138 Å². The van der Waals surface area contributed by atoms with E-state index in [1.54, 1.807) is 12.1 Å². The third kappa shape index (κ3) is 3.59. The highest BCUT2D eigenvalue weighted by Gasteiger charge is 2.23. The minimum atomic E-state index is -0.126. The van der Waals surface area contributed by atoms with Crippen LogP contribution in [0.1, 0.15) is 11.1 Å². The third-order valence-corrected chi connectivity index (χ3v) is 4.21. The van der Waals surface area contributed by atoms with E-state index in [0.717, 1.165) is 16.8 Å². The number of amides is 1. The zero-order valence-corrected chi connectivity index (χ0v) is 13.4. The van der Waals surface area contributed by atoms with E-state index in [4.69, 9.17) is 11.6 Å². The Morgan fingerprint density at radius 2 is 1.95 bits per heavy atom. The molecule has 0 saturated carbocycles. The molecule has 0 aliphatic carbocycles. The first-order valence-electron chi connectivity index (χ1n) is 6.72. The molecule has 5 heteroatoms. The zero-order valence-electron chi connectivity index (χ0n) is 11.8. The molecule has 1 aliphatic heterocycles. The maximum atomic E-state index is 12.0. The van der Waals surface area contributed by atoms with Crippen molar-refractivity contribution in [2.75, 3.05) is 0 Å². The van der Waals surface area contributed by atoms with E-state index in [0.29, 0.717) is 15.1 Å². The van der Waals surface area contributed by atoms with E-state index in [1.807, 2.05) is 49.4 Å². The van der Waals surface area contributed by atoms with Gasteiger partial charge in [-0.25, -0.2) is 4.99 Å². The Morgan fingerprint density at radius 3 is 2.68 bits per heavy atom. The van der Waals surface area contributed by atoms with Crippen LogP contribution in [0.2, 0.25) is 5.02 Å². The van der Waals surface area contributed by atoms with Crippen molar-refractivity contribution in [1.29, 1.82) is 0 Å². The lowest BCUT2D eigenvalue weighted by Gasteiger charge is -1.97. The molecule has 0 bridgehead atoms. The molecule has 3 nitrogen and oxygen atoms in total. The SMILES string of the molecule is Cc1cccc(/C=C2\SC(=Nc3ccc(Cl)cc3)NC2=O)c1. The molecule has 2 aromatic carbocycles. The second kappa shape index (κ2) is 6.38. The van der Waals surface area contributed by atoms with Crippen LogP contribution in [0.25, 0.3) is 6.08 Å². The van der Waals surface area contributed by atoms with Crippen molar-refractivity contribution >= 4 is 46.2 Å². The van der Waals surface area contributed by atoms with Gasteiger partial charge in [0.15, 0.2) is 5.17 Å². The molecule has 0 aromatic heterocycles. The fourth-order valence-electron chi connectivity index (χ4n) is 2.02. The number of nitrogens with zero attached hydrogens (tertiary/aromatic N) is 1. The van der Waals surface area contributed by atoms with Crippen molar-refractivity contribution < 1.29 is 4.79 Å². The van der Waals surface area contributed by atoms with E-state index in [2.05, 4.69) is 10.3 Å². The highest BCUT2D eigenvalue weighted by Crippen LogP contribution is 2.28. The average Bonchev–Trinajstić information content (AvgIpc) is 2.81. The van der Waals surface area contributed by atoms with E-state index < -0.39 is 0 Å². The largest absolute Gasteiger partial charge is 0.300 e. The van der Waals surface area contributed by atoms with Crippen LogP contribution in [-0.4, -0.2) is 11.1 Å². The quantitative estimate of drug-likeness (QED) is 0.822. The molecular formula is C17H13ClN2OS. The van der Waals surface area contributed by atoms with Gasteiger partial charge in [-0.1, -0.05) is 41.4 Å². The summed E-state index contributed by atoms with van der Waals surface area (Å²) < 4.78 is 0. The molecule has 110 valence electrons. The Morgan fingerprint density at radius 1 is 1.18 bits per heavy atom. The topological polar surface area (TPSA) is 41.5 Å². The molecule has 1 N–H and O–H groups in total. The van der Waals surface area contributed by atoms with Crippen LogP contribution in [0, 0.1) is 6.92 Å². The molecule has 1 saturated heterocycles. The molecule has 1 heterocycles. The third-order valence-electron chi connectivity index (χ3n) is 3.05. The first-order chi connectivity index (χ1) is 10.6. The van der Waals surface area contributed by atoms with Crippen molar-refractivity contribution in [2.24, 2.45) is 4.99 Å². The Bertz CT molecular complexity index is 782. The van der Waals surface area contributed by atoms with E-state index >= 15 is 0 Å². The number of benzene rings is 2.